The number of carbonyl (C=O) groups excluding carboxylic acids is 1. The number of fused-ring (bicyclic) bond motifs is 1. The van der Waals surface area contributed by atoms with E-state index in [0.29, 0.717) is 24.0 Å². The van der Waals surface area contributed by atoms with Crippen LogP contribution in [-0.4, -0.2) is 47.6 Å². The average Bonchev–Trinajstić information content (AvgIpc) is 3.27. The van der Waals surface area contributed by atoms with E-state index < -0.39 is 0 Å². The number of hydrogen-bond acceptors (Lipinski definition) is 5. The summed E-state index contributed by atoms with van der Waals surface area (Å²) in [7, 11) is 1.63. The van der Waals surface area contributed by atoms with Crippen molar-refractivity contribution in [3.05, 3.63) is 102 Å². The standard InChI is InChI=1S/C25H30NO3.C9H7O.Ni/c1-3-29-24-16-22-20(15-23(24)28-2)14-21(25(22)27)13-18-9-11-26(12-10-18)17-19-7-5-4-6-8-19;1-2-4-8-5-3-6-9(10)7-8;/h4-8,15-16,18,21H,1,3,9-14,17H2,2H3;1-4,6-7,10H;/q2*-1;/b;4-2-;. The Bertz CT molecular complexity index is 1300. The van der Waals surface area contributed by atoms with Crippen molar-refractivity contribution in [3.63, 3.8) is 0 Å². The molecule has 40 heavy (non-hydrogen) atoms. The molecule has 0 spiro atoms. The van der Waals surface area contributed by atoms with E-state index in [1.54, 1.807) is 42.5 Å². The normalized spacial score (nSPS) is 17.3. The fourth-order valence-corrected chi connectivity index (χ4v) is 5.57. The second-order valence-corrected chi connectivity index (χ2v) is 10.5. The Labute approximate surface area is 245 Å². The van der Waals surface area contributed by atoms with Crippen LogP contribution in [0.2, 0.25) is 0 Å². The molecule has 3 aromatic carbocycles. The molecule has 0 saturated carbocycles. The third-order valence-electron chi connectivity index (χ3n) is 7.47. The number of likely N-dealkylation sites (tertiary alicyclic amines) is 1. The third kappa shape index (κ3) is 8.16. The van der Waals surface area contributed by atoms with Gasteiger partial charge in [-0.1, -0.05) is 30.3 Å². The maximum Gasteiger partial charge on any atom is 0.166 e. The summed E-state index contributed by atoms with van der Waals surface area (Å²) in [5.41, 5.74) is 4.11. The minimum Gasteiger partial charge on any atom is -0.522 e. The molecule has 214 valence electrons. The van der Waals surface area contributed by atoms with Gasteiger partial charge in [0.05, 0.1) is 7.11 Å². The van der Waals surface area contributed by atoms with Gasteiger partial charge >= 0.3 is 72.9 Å². The zero-order chi connectivity index (χ0) is 28.3. The first-order valence-corrected chi connectivity index (χ1v) is 14.3. The number of ketones is 1. The van der Waals surface area contributed by atoms with Crippen LogP contribution >= 0.6 is 0 Å². The van der Waals surface area contributed by atoms with Crippen LogP contribution in [0.4, 0.5) is 0 Å². The van der Waals surface area contributed by atoms with E-state index >= 15 is 0 Å². The molecule has 5 rings (SSSR count). The molecule has 1 aliphatic heterocycles. The van der Waals surface area contributed by atoms with Gasteiger partial charge in [-0.2, -0.15) is 0 Å². The number of aromatic hydroxyl groups is 1. The fourth-order valence-electron chi connectivity index (χ4n) is 5.48. The van der Waals surface area contributed by atoms with Crippen molar-refractivity contribution in [2.24, 2.45) is 11.8 Å². The number of methoxy groups -OCH3 is 1. The van der Waals surface area contributed by atoms with Crippen molar-refractivity contribution >= 4 is 16.9 Å². The van der Waals surface area contributed by atoms with E-state index in [-0.39, 0.29) is 17.5 Å². The van der Waals surface area contributed by atoms with E-state index in [1.807, 2.05) is 12.1 Å². The third-order valence-corrected chi connectivity index (χ3v) is 7.66. The Morgan fingerprint density at radius 3 is 2.58 bits per heavy atom. The number of allylic oxidation sites excluding steroid dienone is 1. The molecule has 1 saturated heterocycles. The van der Waals surface area contributed by atoms with Crippen LogP contribution < -0.4 is 9.47 Å². The van der Waals surface area contributed by atoms with Gasteiger partial charge in [0.2, 0.25) is 0 Å². The molecule has 1 fully saturated rings. The van der Waals surface area contributed by atoms with E-state index in [1.165, 1.54) is 18.4 Å². The van der Waals surface area contributed by atoms with Crippen molar-refractivity contribution in [2.45, 2.75) is 32.2 Å². The van der Waals surface area contributed by atoms with Crippen molar-refractivity contribution in [2.75, 3.05) is 26.8 Å². The van der Waals surface area contributed by atoms with E-state index in [4.69, 9.17) is 14.6 Å². The summed E-state index contributed by atoms with van der Waals surface area (Å²) in [4.78, 5) is 17.1. The van der Waals surface area contributed by atoms with Crippen LogP contribution in [0.3, 0.4) is 0 Å². The van der Waals surface area contributed by atoms with Gasteiger partial charge in [0.1, 0.15) is 0 Å². The molecule has 5 nitrogen and oxygen atoms in total. The first-order chi connectivity index (χ1) is 19.5. The predicted octanol–water partition coefficient (Wildman–Crippen LogP) is 6.12. The molecular weight excluding hydrogens is 545 g/mol. The molecule has 1 N–H and O–H groups in total. The smallest absolute Gasteiger partial charge is 0.166 e. The fraction of sp³-hybridized carbons (Fsp3) is 0.324. The number of phenols is 1. The Balaban J connectivity index is 0.000000283. The number of phenolic OH excluding ortho intramolecular Hbond substituents is 1. The average molecular weight is 582 g/mol. The van der Waals surface area contributed by atoms with Crippen molar-refractivity contribution in [1.29, 1.82) is 0 Å². The molecule has 1 heterocycles. The predicted molar refractivity (Wildman–Crippen MR) is 156 cm³/mol. The van der Waals surface area contributed by atoms with E-state index in [0.717, 1.165) is 49.2 Å². The second-order valence-electron chi connectivity index (χ2n) is 10.2. The summed E-state index contributed by atoms with van der Waals surface area (Å²) in [6.45, 7) is 7.29. The topological polar surface area (TPSA) is 59.0 Å². The Kier molecular flexibility index (Phi) is 11.1. The van der Waals surface area contributed by atoms with E-state index in [2.05, 4.69) is 63.3 Å². The Morgan fingerprint density at radius 1 is 1.12 bits per heavy atom. The number of nitrogens with zero attached hydrogens (tertiary/aromatic N) is 1. The van der Waals surface area contributed by atoms with Crippen LogP contribution in [0.1, 0.15) is 46.3 Å². The summed E-state index contributed by atoms with van der Waals surface area (Å²) >= 11 is 4.33. The van der Waals surface area contributed by atoms with Crippen molar-refractivity contribution < 1.29 is 34.4 Å². The zero-order valence-corrected chi connectivity index (χ0v) is 23.9. The molecule has 0 radical (unpaired) electrons. The minimum absolute atomic E-state index is 0.0929. The molecule has 2 aliphatic rings. The number of carbonyl (C=O) groups is 1. The molecular formula is C34H37NNiO4-2. The second kappa shape index (κ2) is 15.0. The molecule has 3 aromatic rings. The number of piperidine rings is 1. The number of Topliss-reactive ketones (excluding diaryl/α,β-unsaturated/α-hetero) is 1. The van der Waals surface area contributed by atoms with E-state index in [9.17, 15) is 4.79 Å². The number of hydrogen-bond donors (Lipinski definition) is 1. The van der Waals surface area contributed by atoms with Crippen LogP contribution in [-0.2, 0) is 28.0 Å². The molecule has 1 unspecified atom stereocenters. The van der Waals surface area contributed by atoms with Crippen LogP contribution in [0.25, 0.3) is 6.08 Å². The van der Waals surface area contributed by atoms with Gasteiger partial charge in [-0.3, -0.25) is 9.69 Å². The van der Waals surface area contributed by atoms with Crippen LogP contribution in [0.15, 0.2) is 66.7 Å². The zero-order valence-electron chi connectivity index (χ0n) is 23.0. The van der Waals surface area contributed by atoms with Gasteiger partial charge in [-0.25, -0.2) is 0 Å². The van der Waals surface area contributed by atoms with Gasteiger partial charge in [0, 0.05) is 18.0 Å². The van der Waals surface area contributed by atoms with Crippen molar-refractivity contribution in [3.8, 4) is 17.2 Å². The molecule has 0 amide bonds. The largest absolute Gasteiger partial charge is 0.522 e. The van der Waals surface area contributed by atoms with Gasteiger partial charge in [0.15, 0.2) is 17.3 Å². The quantitative estimate of drug-likeness (QED) is 0.244. The van der Waals surface area contributed by atoms with Gasteiger partial charge < -0.3 is 16.4 Å². The number of benzene rings is 3. The minimum atomic E-state index is 0.0929. The summed E-state index contributed by atoms with van der Waals surface area (Å²) in [5, 5.41) is 9.02. The van der Waals surface area contributed by atoms with Gasteiger partial charge in [-0.05, 0) is 74.6 Å². The Hall–Kier alpha value is -3.21. The maximum atomic E-state index is 13.0. The van der Waals surface area contributed by atoms with Gasteiger partial charge in [0.25, 0.3) is 0 Å². The molecule has 1 atom stereocenters. The van der Waals surface area contributed by atoms with Crippen LogP contribution in [0, 0.1) is 24.8 Å². The number of rotatable bonds is 9. The first kappa shape index (κ1) is 29.8. The molecule has 1 aliphatic carbocycles. The summed E-state index contributed by atoms with van der Waals surface area (Å²) in [6.07, 6.45) is 7.69. The summed E-state index contributed by atoms with van der Waals surface area (Å²) < 4.78 is 11.0. The van der Waals surface area contributed by atoms with Gasteiger partial charge in [-0.15, -0.1) is 0 Å². The molecule has 0 aromatic heterocycles. The van der Waals surface area contributed by atoms with Crippen molar-refractivity contribution in [1.82, 2.24) is 4.90 Å². The summed E-state index contributed by atoms with van der Waals surface area (Å²) in [5.74, 6) is 2.54. The maximum absolute atomic E-state index is 13.0. The summed E-state index contributed by atoms with van der Waals surface area (Å²) in [6, 6.07) is 22.3. The first-order valence-electron chi connectivity index (χ1n) is 13.7. The van der Waals surface area contributed by atoms with Crippen LogP contribution in [0.5, 0.6) is 17.2 Å². The SMILES string of the molecule is Oc1cc[c-]c(/C=C\[CH]=[Ni])c1.[CH2-]COc1cc2c(cc1OC)CC(CC1CCN(Cc3ccccc3)CC1)C2=O. The number of ether oxygens (including phenoxy) is 2. The molecule has 6 heteroatoms. The Morgan fingerprint density at radius 2 is 1.90 bits per heavy atom. The molecule has 0 bridgehead atoms. The monoisotopic (exact) mass is 581 g/mol.